The molecule has 0 fully saturated rings. The summed E-state index contributed by atoms with van der Waals surface area (Å²) in [4.78, 5) is 37.1. The lowest BCUT2D eigenvalue weighted by atomic mass is 9.96. The smallest absolute Gasteiger partial charge is 0.307 e. The van der Waals surface area contributed by atoms with Crippen molar-refractivity contribution in [1.29, 1.82) is 0 Å². The summed E-state index contributed by atoms with van der Waals surface area (Å²) in [7, 11) is 0. The van der Waals surface area contributed by atoms with Gasteiger partial charge in [0.2, 0.25) is 5.91 Å². The van der Waals surface area contributed by atoms with E-state index in [-0.39, 0.29) is 29.5 Å². The summed E-state index contributed by atoms with van der Waals surface area (Å²) in [6.45, 7) is 2.63. The molecule has 48 heavy (non-hydrogen) atoms. The Labute approximate surface area is 287 Å². The largest absolute Gasteiger partial charge is 0.506 e. The van der Waals surface area contributed by atoms with Gasteiger partial charge in [0.25, 0.3) is 5.91 Å². The quantitative estimate of drug-likeness (QED) is 0.0566. The normalized spacial score (nSPS) is 11.9. The fraction of sp³-hybridized carbons (Fsp3) is 0.488. The monoisotopic (exact) mass is 656 g/mol. The summed E-state index contributed by atoms with van der Waals surface area (Å²) in [5.41, 5.74) is 1.82. The summed E-state index contributed by atoms with van der Waals surface area (Å²) in [6, 6.07) is 18.1. The second-order valence-corrected chi connectivity index (χ2v) is 12.9. The second-order valence-electron chi connectivity index (χ2n) is 12.9. The average molecular weight is 657 g/mol. The van der Waals surface area contributed by atoms with Crippen molar-refractivity contribution in [3.05, 3.63) is 83.9 Å². The number of carboxylic acids is 1. The van der Waals surface area contributed by atoms with Crippen LogP contribution in [0.5, 0.6) is 5.75 Å². The molecule has 7 heteroatoms. The van der Waals surface area contributed by atoms with Crippen molar-refractivity contribution in [3.63, 3.8) is 0 Å². The van der Waals surface area contributed by atoms with Gasteiger partial charge < -0.3 is 20.8 Å². The molecule has 0 spiro atoms. The number of benzene rings is 3. The second kappa shape index (κ2) is 22.4. The van der Waals surface area contributed by atoms with E-state index in [9.17, 15) is 24.6 Å². The Bertz CT molecular complexity index is 1430. The minimum Gasteiger partial charge on any atom is -0.506 e. The molecule has 0 aromatic heterocycles. The molecule has 3 aromatic carbocycles. The predicted octanol–water partition coefficient (Wildman–Crippen LogP) is 9.97. The van der Waals surface area contributed by atoms with Gasteiger partial charge in [0.1, 0.15) is 5.75 Å². The van der Waals surface area contributed by atoms with Crippen molar-refractivity contribution in [2.45, 2.75) is 116 Å². The summed E-state index contributed by atoms with van der Waals surface area (Å²) in [5, 5.41) is 27.4. The molecule has 260 valence electrons. The van der Waals surface area contributed by atoms with Crippen molar-refractivity contribution in [1.82, 2.24) is 5.32 Å². The first-order chi connectivity index (χ1) is 23.4. The number of phenols is 1. The lowest BCUT2D eigenvalue weighted by molar-refractivity contribution is -0.143. The number of carbonyl (C=O) groups is 3. The van der Waals surface area contributed by atoms with Crippen LogP contribution in [-0.4, -0.2) is 34.5 Å². The van der Waals surface area contributed by atoms with E-state index < -0.39 is 11.9 Å². The molecular weight excluding hydrogens is 600 g/mol. The number of fused-ring (bicyclic) bond motifs is 1. The Morgan fingerprint density at radius 2 is 1.38 bits per heavy atom. The molecular formula is C41H56N2O5. The van der Waals surface area contributed by atoms with Crippen molar-refractivity contribution in [2.24, 2.45) is 5.92 Å². The number of phenolic OH excluding ortho intramolecular Hbond substituents is 1. The first-order valence-corrected chi connectivity index (χ1v) is 18.1. The van der Waals surface area contributed by atoms with Gasteiger partial charge in [0.15, 0.2) is 0 Å². The number of carbonyl (C=O) groups excluding carboxylic acids is 2. The van der Waals surface area contributed by atoms with Gasteiger partial charge in [0, 0.05) is 24.0 Å². The molecule has 0 bridgehead atoms. The Kier molecular flexibility index (Phi) is 17.9. The van der Waals surface area contributed by atoms with Crippen LogP contribution in [0.2, 0.25) is 0 Å². The first-order valence-electron chi connectivity index (χ1n) is 18.1. The number of allylic oxidation sites excluding steroid dienone is 2. The van der Waals surface area contributed by atoms with Gasteiger partial charge in [-0.2, -0.15) is 0 Å². The molecule has 0 aliphatic heterocycles. The fourth-order valence-electron chi connectivity index (χ4n) is 6.00. The third kappa shape index (κ3) is 14.3. The van der Waals surface area contributed by atoms with E-state index in [0.29, 0.717) is 30.5 Å². The molecule has 3 aromatic rings. The Morgan fingerprint density at radius 1 is 0.750 bits per heavy atom. The highest BCUT2D eigenvalue weighted by atomic mass is 16.4. The van der Waals surface area contributed by atoms with Gasteiger partial charge >= 0.3 is 5.97 Å². The predicted molar refractivity (Wildman–Crippen MR) is 197 cm³/mol. The van der Waals surface area contributed by atoms with Crippen molar-refractivity contribution >= 4 is 34.2 Å². The Morgan fingerprint density at radius 3 is 2.04 bits per heavy atom. The molecule has 2 amide bonds. The highest BCUT2D eigenvalue weighted by Gasteiger charge is 2.21. The lowest BCUT2D eigenvalue weighted by Crippen LogP contribution is -2.25. The van der Waals surface area contributed by atoms with Gasteiger partial charge in [-0.25, -0.2) is 0 Å². The molecule has 0 saturated heterocycles. The van der Waals surface area contributed by atoms with E-state index in [2.05, 4.69) is 29.7 Å². The number of aliphatic carboxylic acids is 1. The minimum atomic E-state index is -0.922. The summed E-state index contributed by atoms with van der Waals surface area (Å²) in [5.74, 6) is -2.28. The van der Waals surface area contributed by atoms with E-state index in [0.717, 1.165) is 30.2 Å². The third-order valence-corrected chi connectivity index (χ3v) is 8.93. The molecule has 0 heterocycles. The first kappa shape index (κ1) is 38.3. The SMILES string of the molecule is CCCCCC/C=C/CCCCCCCCCCC(CC(=O)Nc1ccc(CCNC(=O)c2ccc3ccccc3c2O)cc1)C(=O)O. The zero-order valence-corrected chi connectivity index (χ0v) is 28.9. The van der Waals surface area contributed by atoms with Gasteiger partial charge in [0.05, 0.1) is 11.5 Å². The third-order valence-electron chi connectivity index (χ3n) is 8.93. The number of carboxylic acid groups (broad SMARTS) is 1. The summed E-state index contributed by atoms with van der Waals surface area (Å²) in [6.07, 6.45) is 22.6. The highest BCUT2D eigenvalue weighted by molar-refractivity contribution is 6.03. The number of hydrogen-bond acceptors (Lipinski definition) is 4. The molecule has 0 saturated carbocycles. The maximum absolute atomic E-state index is 12.7. The molecule has 0 aliphatic rings. The number of rotatable bonds is 24. The fourth-order valence-corrected chi connectivity index (χ4v) is 6.00. The molecule has 7 nitrogen and oxygen atoms in total. The van der Waals surface area contributed by atoms with E-state index in [4.69, 9.17) is 0 Å². The van der Waals surface area contributed by atoms with Crippen LogP contribution >= 0.6 is 0 Å². The number of amides is 2. The highest BCUT2D eigenvalue weighted by Crippen LogP contribution is 2.28. The Hall–Kier alpha value is -4.13. The van der Waals surface area contributed by atoms with E-state index in [1.165, 1.54) is 70.6 Å². The zero-order valence-electron chi connectivity index (χ0n) is 28.9. The number of nitrogens with one attached hydrogen (secondary N) is 2. The van der Waals surface area contributed by atoms with Crippen molar-refractivity contribution in [3.8, 4) is 5.75 Å². The molecule has 1 atom stereocenters. The van der Waals surface area contributed by atoms with Crippen LogP contribution in [0.15, 0.2) is 72.8 Å². The van der Waals surface area contributed by atoms with Crippen LogP contribution in [0.4, 0.5) is 5.69 Å². The van der Waals surface area contributed by atoms with Gasteiger partial charge in [-0.1, -0.05) is 126 Å². The van der Waals surface area contributed by atoms with Gasteiger partial charge in [-0.3, -0.25) is 14.4 Å². The van der Waals surface area contributed by atoms with Crippen LogP contribution in [0.25, 0.3) is 10.8 Å². The summed E-state index contributed by atoms with van der Waals surface area (Å²) >= 11 is 0. The zero-order chi connectivity index (χ0) is 34.4. The van der Waals surface area contributed by atoms with Crippen molar-refractivity contribution in [2.75, 3.05) is 11.9 Å². The maximum Gasteiger partial charge on any atom is 0.307 e. The lowest BCUT2D eigenvalue weighted by Gasteiger charge is -2.13. The number of hydrogen-bond donors (Lipinski definition) is 4. The summed E-state index contributed by atoms with van der Waals surface area (Å²) < 4.78 is 0. The van der Waals surface area contributed by atoms with Gasteiger partial charge in [-0.05, 0) is 67.7 Å². The number of unbranched alkanes of at least 4 members (excludes halogenated alkanes) is 12. The van der Waals surface area contributed by atoms with Crippen molar-refractivity contribution < 1.29 is 24.6 Å². The van der Waals surface area contributed by atoms with E-state index in [1.54, 1.807) is 24.3 Å². The average Bonchev–Trinajstić information content (AvgIpc) is 3.08. The molecule has 3 rings (SSSR count). The van der Waals surface area contributed by atoms with Gasteiger partial charge in [-0.15, -0.1) is 0 Å². The van der Waals surface area contributed by atoms with Crippen LogP contribution in [-0.2, 0) is 16.0 Å². The number of anilines is 1. The molecule has 0 radical (unpaired) electrons. The maximum atomic E-state index is 12.7. The standard InChI is InChI=1S/C41H56N2O5/c1-2-3-4-5-6-7-8-9-10-11-12-13-14-15-16-17-21-34(41(47)48)31-38(44)43-35-26-23-32(24-27-35)29-30-42-40(46)37-28-25-33-20-18-19-22-36(33)39(37)45/h7-8,18-20,22-28,34,45H,2-6,9-17,21,29-31H2,1H3,(H,42,46)(H,43,44)(H,47,48)/b8-7+. The molecule has 0 aliphatic carbocycles. The molecule has 4 N–H and O–H groups in total. The Balaban J connectivity index is 1.25. The van der Waals surface area contributed by atoms with Crippen LogP contribution in [0.3, 0.4) is 0 Å². The van der Waals surface area contributed by atoms with E-state index >= 15 is 0 Å². The van der Waals surface area contributed by atoms with Crippen LogP contribution in [0.1, 0.15) is 126 Å². The van der Waals surface area contributed by atoms with Crippen LogP contribution < -0.4 is 10.6 Å². The van der Waals surface area contributed by atoms with Crippen LogP contribution in [0, 0.1) is 5.92 Å². The minimum absolute atomic E-state index is 0.0285. The molecule has 1 unspecified atom stereocenters. The van der Waals surface area contributed by atoms with E-state index in [1.807, 2.05) is 36.4 Å². The topological polar surface area (TPSA) is 116 Å². The number of aromatic hydroxyl groups is 1.